The fourth-order valence-electron chi connectivity index (χ4n) is 1.43. The molecule has 0 N–H and O–H groups in total. The maximum Gasteiger partial charge on any atom is 0.203 e. The molecule has 3 heteroatoms. The van der Waals surface area contributed by atoms with Crippen molar-refractivity contribution in [1.82, 2.24) is 0 Å². The number of rotatable bonds is 1. The molecule has 0 spiro atoms. The molecule has 3 nitrogen and oxygen atoms in total. The summed E-state index contributed by atoms with van der Waals surface area (Å²) in [7, 11) is 0. The van der Waals surface area contributed by atoms with E-state index in [2.05, 4.69) is 9.98 Å². The number of benzene rings is 1. The van der Waals surface area contributed by atoms with Gasteiger partial charge in [0, 0.05) is 0 Å². The van der Waals surface area contributed by atoms with Crippen LogP contribution in [0.3, 0.4) is 0 Å². The molecule has 1 aromatic rings. The minimum atomic E-state index is -0.894. The van der Waals surface area contributed by atoms with Crippen molar-refractivity contribution >= 4 is 6.29 Å². The van der Waals surface area contributed by atoms with Crippen molar-refractivity contribution in [3.8, 4) is 0 Å². The summed E-state index contributed by atoms with van der Waals surface area (Å²) in [4.78, 5) is 19.2. The number of carbonyl (C=O) groups excluding carboxylic acids is 1. The first-order chi connectivity index (χ1) is 6.14. The standard InChI is InChI=1S/C10H10N2O/c1-7-4-3-5-8-9(7)12-10(2,6-13)11-8/h3-6H,1-2H3. The molecule has 1 aromatic carbocycles. The van der Waals surface area contributed by atoms with Crippen molar-refractivity contribution in [3.05, 3.63) is 34.5 Å². The Morgan fingerprint density at radius 3 is 2.77 bits per heavy atom. The van der Waals surface area contributed by atoms with Crippen LogP contribution in [0.2, 0.25) is 0 Å². The Morgan fingerprint density at radius 1 is 1.38 bits per heavy atom. The van der Waals surface area contributed by atoms with Gasteiger partial charge in [0.25, 0.3) is 0 Å². The summed E-state index contributed by atoms with van der Waals surface area (Å²) in [6, 6.07) is 5.76. The molecule has 0 radical (unpaired) electrons. The number of hydrogen-bond acceptors (Lipinski definition) is 3. The maximum absolute atomic E-state index is 10.7. The van der Waals surface area contributed by atoms with E-state index in [9.17, 15) is 4.79 Å². The van der Waals surface area contributed by atoms with Crippen LogP contribution in [0, 0.1) is 6.92 Å². The van der Waals surface area contributed by atoms with E-state index in [1.165, 1.54) is 0 Å². The highest BCUT2D eigenvalue weighted by Gasteiger charge is 2.24. The normalized spacial score (nSPS) is 24.5. The average Bonchev–Trinajstić information content (AvgIpc) is 2.45. The van der Waals surface area contributed by atoms with Crippen LogP contribution in [-0.4, -0.2) is 11.9 Å². The molecule has 66 valence electrons. The Morgan fingerprint density at radius 2 is 2.15 bits per heavy atom. The van der Waals surface area contributed by atoms with Crippen molar-refractivity contribution in [2.45, 2.75) is 19.5 Å². The van der Waals surface area contributed by atoms with Gasteiger partial charge in [-0.25, -0.2) is 9.98 Å². The molecule has 0 aliphatic carbocycles. The SMILES string of the molecule is Cc1cccc2c1=NC(C)(C=O)N=2. The fraction of sp³-hybridized carbons (Fsp3) is 0.300. The lowest BCUT2D eigenvalue weighted by atomic mass is 10.2. The summed E-state index contributed by atoms with van der Waals surface area (Å²) < 4.78 is 0. The van der Waals surface area contributed by atoms with Crippen molar-refractivity contribution < 1.29 is 4.79 Å². The molecule has 0 aromatic heterocycles. The van der Waals surface area contributed by atoms with Gasteiger partial charge in [-0.05, 0) is 25.5 Å². The van der Waals surface area contributed by atoms with Gasteiger partial charge in [-0.15, -0.1) is 0 Å². The van der Waals surface area contributed by atoms with Gasteiger partial charge in [-0.1, -0.05) is 12.1 Å². The number of aryl methyl sites for hydroxylation is 1. The van der Waals surface area contributed by atoms with E-state index in [1.54, 1.807) is 6.92 Å². The lowest BCUT2D eigenvalue weighted by molar-refractivity contribution is -0.111. The summed E-state index contributed by atoms with van der Waals surface area (Å²) in [6.45, 7) is 3.67. The van der Waals surface area contributed by atoms with Crippen LogP contribution in [0.5, 0.6) is 0 Å². The summed E-state index contributed by atoms with van der Waals surface area (Å²) in [5, 5.41) is 1.66. The van der Waals surface area contributed by atoms with Crippen LogP contribution < -0.4 is 10.7 Å². The molecule has 0 saturated heterocycles. The van der Waals surface area contributed by atoms with Crippen LogP contribution in [-0.2, 0) is 4.79 Å². The molecule has 1 atom stereocenters. The Balaban J connectivity index is 2.81. The minimum Gasteiger partial charge on any atom is -0.298 e. The summed E-state index contributed by atoms with van der Waals surface area (Å²) in [6.07, 6.45) is 0.770. The zero-order chi connectivity index (χ0) is 9.47. The largest absolute Gasteiger partial charge is 0.298 e. The second kappa shape index (κ2) is 2.49. The Labute approximate surface area is 75.8 Å². The van der Waals surface area contributed by atoms with Gasteiger partial charge in [0.05, 0.1) is 10.7 Å². The number of carbonyl (C=O) groups is 1. The number of aldehydes is 1. The van der Waals surface area contributed by atoms with E-state index < -0.39 is 5.66 Å². The molecule has 1 heterocycles. The van der Waals surface area contributed by atoms with Gasteiger partial charge in [0.15, 0.2) is 6.29 Å². The third kappa shape index (κ3) is 1.16. The number of nitrogens with zero attached hydrogens (tertiary/aromatic N) is 2. The van der Waals surface area contributed by atoms with Crippen molar-refractivity contribution in [2.24, 2.45) is 9.98 Å². The predicted octanol–water partition coefficient (Wildman–Crippen LogP) is 0.163. The smallest absolute Gasteiger partial charge is 0.203 e. The second-order valence-corrected chi connectivity index (χ2v) is 3.38. The number of hydrogen-bond donors (Lipinski definition) is 0. The first kappa shape index (κ1) is 8.10. The average molecular weight is 174 g/mol. The number of fused-ring (bicyclic) bond motifs is 1. The van der Waals surface area contributed by atoms with Crippen LogP contribution in [0.25, 0.3) is 0 Å². The summed E-state index contributed by atoms with van der Waals surface area (Å²) in [5.74, 6) is 0. The Bertz CT molecular complexity index is 478. The first-order valence-corrected chi connectivity index (χ1v) is 4.16. The highest BCUT2D eigenvalue weighted by Crippen LogP contribution is 2.08. The van der Waals surface area contributed by atoms with Crippen molar-refractivity contribution in [3.63, 3.8) is 0 Å². The van der Waals surface area contributed by atoms with E-state index in [0.29, 0.717) is 0 Å². The lowest BCUT2D eigenvalue weighted by Crippen LogP contribution is -2.23. The Hall–Kier alpha value is -1.51. The van der Waals surface area contributed by atoms with Crippen LogP contribution in [0.4, 0.5) is 0 Å². The third-order valence-electron chi connectivity index (χ3n) is 2.12. The van der Waals surface area contributed by atoms with Gasteiger partial charge in [-0.2, -0.15) is 0 Å². The van der Waals surface area contributed by atoms with Gasteiger partial charge in [0.1, 0.15) is 0 Å². The molecule has 0 saturated carbocycles. The molecule has 1 aliphatic heterocycles. The molecule has 0 fully saturated rings. The molecule has 0 bridgehead atoms. The summed E-state index contributed by atoms with van der Waals surface area (Å²) in [5.41, 5.74) is 0.167. The van der Waals surface area contributed by atoms with Gasteiger partial charge >= 0.3 is 0 Å². The zero-order valence-corrected chi connectivity index (χ0v) is 7.61. The van der Waals surface area contributed by atoms with E-state index in [0.717, 1.165) is 22.6 Å². The number of para-hydroxylation sites is 1. The molecule has 2 rings (SSSR count). The highest BCUT2D eigenvalue weighted by molar-refractivity contribution is 5.63. The monoisotopic (exact) mass is 174 g/mol. The van der Waals surface area contributed by atoms with E-state index >= 15 is 0 Å². The van der Waals surface area contributed by atoms with Gasteiger partial charge in [-0.3, -0.25) is 4.79 Å². The lowest BCUT2D eigenvalue weighted by Gasteiger charge is -2.05. The highest BCUT2D eigenvalue weighted by atomic mass is 16.1. The predicted molar refractivity (Wildman–Crippen MR) is 48.0 cm³/mol. The molecule has 13 heavy (non-hydrogen) atoms. The third-order valence-corrected chi connectivity index (χ3v) is 2.12. The molecule has 0 amide bonds. The van der Waals surface area contributed by atoms with Crippen LogP contribution in [0.15, 0.2) is 28.2 Å². The second-order valence-electron chi connectivity index (χ2n) is 3.38. The molecule has 1 aliphatic rings. The van der Waals surface area contributed by atoms with E-state index in [-0.39, 0.29) is 0 Å². The van der Waals surface area contributed by atoms with Crippen LogP contribution in [0.1, 0.15) is 12.5 Å². The van der Waals surface area contributed by atoms with Crippen molar-refractivity contribution in [1.29, 1.82) is 0 Å². The topological polar surface area (TPSA) is 41.8 Å². The first-order valence-electron chi connectivity index (χ1n) is 4.16. The van der Waals surface area contributed by atoms with E-state index in [1.807, 2.05) is 25.1 Å². The molecular formula is C10H10N2O. The quantitative estimate of drug-likeness (QED) is 0.559. The fourth-order valence-corrected chi connectivity index (χ4v) is 1.43. The van der Waals surface area contributed by atoms with Crippen LogP contribution >= 0.6 is 0 Å². The van der Waals surface area contributed by atoms with Crippen molar-refractivity contribution in [2.75, 3.05) is 0 Å². The zero-order valence-electron chi connectivity index (χ0n) is 7.61. The van der Waals surface area contributed by atoms with Gasteiger partial charge < -0.3 is 0 Å². The summed E-state index contributed by atoms with van der Waals surface area (Å²) >= 11 is 0. The molecule has 1 unspecified atom stereocenters. The maximum atomic E-state index is 10.7. The minimum absolute atomic E-state index is 0.770. The van der Waals surface area contributed by atoms with E-state index in [4.69, 9.17) is 0 Å². The molecular weight excluding hydrogens is 164 g/mol. The van der Waals surface area contributed by atoms with Gasteiger partial charge in [0.2, 0.25) is 5.66 Å². The Kier molecular flexibility index (Phi) is 1.55.